The number of phenols is 1. The Morgan fingerprint density at radius 2 is 1.95 bits per heavy atom. The Morgan fingerprint density at radius 3 is 2.50 bits per heavy atom. The number of aryl methyl sites for hydroxylation is 2. The highest BCUT2D eigenvalue weighted by Gasteiger charge is 2.11. The van der Waals surface area contributed by atoms with E-state index in [0.717, 1.165) is 5.56 Å². The van der Waals surface area contributed by atoms with Gasteiger partial charge in [0.1, 0.15) is 17.4 Å². The van der Waals surface area contributed by atoms with Crippen molar-refractivity contribution in [2.24, 2.45) is 5.10 Å². The highest BCUT2D eigenvalue weighted by molar-refractivity contribution is 6.00. The van der Waals surface area contributed by atoms with Gasteiger partial charge in [-0.1, -0.05) is 6.92 Å². The lowest BCUT2D eigenvalue weighted by Crippen LogP contribution is -2.24. The Morgan fingerprint density at radius 1 is 1.32 bits per heavy atom. The molecule has 0 aliphatic heterocycles. The Kier molecular flexibility index (Phi) is 4.42. The molecule has 0 saturated carbocycles. The van der Waals surface area contributed by atoms with Crippen LogP contribution in [0.1, 0.15) is 35.7 Å². The zero-order valence-corrected chi connectivity index (χ0v) is 12.8. The van der Waals surface area contributed by atoms with Crippen LogP contribution in [0.2, 0.25) is 0 Å². The molecular formula is C17H17N3O2. The number of hydrogen-bond donors (Lipinski definition) is 1. The highest BCUT2D eigenvalue weighted by Crippen LogP contribution is 2.13. The van der Waals surface area contributed by atoms with E-state index in [1.807, 2.05) is 13.0 Å². The zero-order valence-electron chi connectivity index (χ0n) is 12.8. The first-order chi connectivity index (χ1) is 10.5. The van der Waals surface area contributed by atoms with Crippen molar-refractivity contribution in [3.05, 3.63) is 63.1 Å². The van der Waals surface area contributed by atoms with E-state index in [1.165, 1.54) is 4.68 Å². The molecule has 0 amide bonds. The summed E-state index contributed by atoms with van der Waals surface area (Å²) in [5.41, 5.74) is 2.55. The van der Waals surface area contributed by atoms with E-state index in [4.69, 9.17) is 5.26 Å². The molecule has 0 bridgehead atoms. The topological polar surface area (TPSA) is 78.4 Å². The molecule has 1 aromatic heterocycles. The van der Waals surface area contributed by atoms with Crippen molar-refractivity contribution in [3.63, 3.8) is 0 Å². The molecule has 0 aliphatic carbocycles. The third-order valence-electron chi connectivity index (χ3n) is 3.43. The molecule has 0 aliphatic rings. The molecule has 1 aromatic carbocycles. The quantitative estimate of drug-likeness (QED) is 0.884. The number of pyridine rings is 1. The minimum absolute atomic E-state index is 0.107. The minimum atomic E-state index is -0.412. The maximum Gasteiger partial charge on any atom is 0.289 e. The molecular weight excluding hydrogens is 278 g/mol. The van der Waals surface area contributed by atoms with E-state index in [-0.39, 0.29) is 11.3 Å². The van der Waals surface area contributed by atoms with Crippen LogP contribution in [-0.2, 0) is 0 Å². The summed E-state index contributed by atoms with van der Waals surface area (Å²) in [6, 6.07) is 10.4. The van der Waals surface area contributed by atoms with E-state index < -0.39 is 5.56 Å². The van der Waals surface area contributed by atoms with Gasteiger partial charge in [0.05, 0.1) is 5.71 Å². The molecule has 5 nitrogen and oxygen atoms in total. The van der Waals surface area contributed by atoms with E-state index in [0.29, 0.717) is 23.4 Å². The first kappa shape index (κ1) is 15.5. The lowest BCUT2D eigenvalue weighted by Gasteiger charge is -2.10. The molecule has 1 N–H and O–H groups in total. The van der Waals surface area contributed by atoms with E-state index in [1.54, 1.807) is 44.2 Å². The second kappa shape index (κ2) is 6.27. The standard InChI is InChI=1S/C17H17N3O2/c1-4-16(13-5-7-14(21)8-6-13)19-20-12(3)9-11(2)15(10-18)17(20)22/h5-9,21H,4H2,1-3H3/b19-16+. The number of phenolic OH excluding ortho intramolecular Hbond substituents is 1. The van der Waals surface area contributed by atoms with Crippen LogP contribution in [0, 0.1) is 25.2 Å². The molecule has 1 heterocycles. The lowest BCUT2D eigenvalue weighted by molar-refractivity contribution is 0.475. The monoisotopic (exact) mass is 295 g/mol. The fourth-order valence-electron chi connectivity index (χ4n) is 2.25. The van der Waals surface area contributed by atoms with E-state index >= 15 is 0 Å². The van der Waals surface area contributed by atoms with Gasteiger partial charge in [-0.15, -0.1) is 0 Å². The highest BCUT2D eigenvalue weighted by atomic mass is 16.3. The van der Waals surface area contributed by atoms with Crippen molar-refractivity contribution in [1.82, 2.24) is 4.68 Å². The summed E-state index contributed by atoms with van der Waals surface area (Å²) < 4.78 is 1.26. The fourth-order valence-corrected chi connectivity index (χ4v) is 2.25. The molecule has 0 atom stereocenters. The van der Waals surface area contributed by atoms with Gasteiger partial charge in [0.2, 0.25) is 0 Å². The molecule has 112 valence electrons. The van der Waals surface area contributed by atoms with Gasteiger partial charge >= 0.3 is 0 Å². The number of nitriles is 1. The Hall–Kier alpha value is -2.87. The number of hydrogen-bond acceptors (Lipinski definition) is 4. The predicted molar refractivity (Wildman–Crippen MR) is 85.2 cm³/mol. The molecule has 2 rings (SSSR count). The van der Waals surface area contributed by atoms with Crippen molar-refractivity contribution in [2.75, 3.05) is 0 Å². The van der Waals surface area contributed by atoms with Crippen LogP contribution < -0.4 is 5.56 Å². The SMILES string of the molecule is CC/C(=N\n1c(C)cc(C)c(C#N)c1=O)c1ccc(O)cc1. The summed E-state index contributed by atoms with van der Waals surface area (Å²) in [6.07, 6.45) is 0.617. The maximum atomic E-state index is 12.4. The van der Waals surface area contributed by atoms with Crippen molar-refractivity contribution in [2.45, 2.75) is 27.2 Å². The number of aromatic hydroxyl groups is 1. The second-order valence-corrected chi connectivity index (χ2v) is 5.02. The molecule has 2 aromatic rings. The van der Waals surface area contributed by atoms with E-state index in [2.05, 4.69) is 5.10 Å². The summed E-state index contributed by atoms with van der Waals surface area (Å²) in [5, 5.41) is 22.9. The van der Waals surface area contributed by atoms with Crippen molar-refractivity contribution in [3.8, 4) is 11.8 Å². The minimum Gasteiger partial charge on any atom is -0.508 e. The van der Waals surface area contributed by atoms with Crippen LogP contribution in [0.4, 0.5) is 0 Å². The average Bonchev–Trinajstić information content (AvgIpc) is 2.49. The summed E-state index contributed by atoms with van der Waals surface area (Å²) in [7, 11) is 0. The smallest absolute Gasteiger partial charge is 0.289 e. The largest absolute Gasteiger partial charge is 0.508 e. The van der Waals surface area contributed by atoms with Gasteiger partial charge in [-0.2, -0.15) is 10.4 Å². The van der Waals surface area contributed by atoms with Crippen LogP contribution in [0.3, 0.4) is 0 Å². The Bertz CT molecular complexity index is 825. The van der Waals surface area contributed by atoms with Crippen molar-refractivity contribution >= 4 is 5.71 Å². The summed E-state index contributed by atoms with van der Waals surface area (Å²) in [4.78, 5) is 12.4. The van der Waals surface area contributed by atoms with E-state index in [9.17, 15) is 9.90 Å². The first-order valence-corrected chi connectivity index (χ1v) is 6.98. The van der Waals surface area contributed by atoms with Gasteiger partial charge < -0.3 is 5.11 Å². The summed E-state index contributed by atoms with van der Waals surface area (Å²) in [6.45, 7) is 5.45. The molecule has 22 heavy (non-hydrogen) atoms. The molecule has 0 unspecified atom stereocenters. The van der Waals surface area contributed by atoms with Crippen molar-refractivity contribution < 1.29 is 5.11 Å². The van der Waals surface area contributed by atoms with Gasteiger partial charge in [-0.25, -0.2) is 4.68 Å². The van der Waals surface area contributed by atoms with Crippen LogP contribution in [0.15, 0.2) is 40.2 Å². The number of nitrogens with zero attached hydrogens (tertiary/aromatic N) is 3. The Balaban J connectivity index is 2.63. The van der Waals surface area contributed by atoms with Crippen LogP contribution in [0.5, 0.6) is 5.75 Å². The molecule has 0 radical (unpaired) electrons. The number of aromatic nitrogens is 1. The Labute approximate surface area is 128 Å². The second-order valence-electron chi connectivity index (χ2n) is 5.02. The van der Waals surface area contributed by atoms with Gasteiger partial charge in [0.15, 0.2) is 0 Å². The number of benzene rings is 1. The molecule has 0 fully saturated rings. The van der Waals surface area contributed by atoms with Gasteiger partial charge in [0.25, 0.3) is 5.56 Å². The summed E-state index contributed by atoms with van der Waals surface area (Å²) in [5.74, 6) is 0.176. The first-order valence-electron chi connectivity index (χ1n) is 6.98. The normalized spacial score (nSPS) is 11.3. The molecule has 5 heteroatoms. The van der Waals surface area contributed by atoms with Crippen LogP contribution >= 0.6 is 0 Å². The number of rotatable bonds is 3. The van der Waals surface area contributed by atoms with Gasteiger partial charge in [0, 0.05) is 5.69 Å². The third-order valence-corrected chi connectivity index (χ3v) is 3.43. The van der Waals surface area contributed by atoms with Gasteiger partial charge in [-0.05, 0) is 61.7 Å². The summed E-state index contributed by atoms with van der Waals surface area (Å²) >= 11 is 0. The average molecular weight is 295 g/mol. The van der Waals surface area contributed by atoms with Gasteiger partial charge in [-0.3, -0.25) is 4.79 Å². The predicted octanol–water partition coefficient (Wildman–Crippen LogP) is 2.70. The van der Waals surface area contributed by atoms with Crippen LogP contribution in [0.25, 0.3) is 0 Å². The lowest BCUT2D eigenvalue weighted by atomic mass is 10.1. The third kappa shape index (κ3) is 2.91. The maximum absolute atomic E-state index is 12.4. The van der Waals surface area contributed by atoms with Crippen molar-refractivity contribution in [1.29, 1.82) is 5.26 Å². The molecule has 0 saturated heterocycles. The molecule has 0 spiro atoms. The zero-order chi connectivity index (χ0) is 16.3. The fraction of sp³-hybridized carbons (Fsp3) is 0.235. The van der Waals surface area contributed by atoms with Crippen LogP contribution in [-0.4, -0.2) is 15.5 Å².